The highest BCUT2D eigenvalue weighted by atomic mass is 35.5. The number of nitrogens with zero attached hydrogens (tertiary/aromatic N) is 4. The number of anilines is 1. The fourth-order valence-corrected chi connectivity index (χ4v) is 2.99. The van der Waals surface area contributed by atoms with Crippen LogP contribution in [0.5, 0.6) is 5.88 Å². The highest BCUT2D eigenvalue weighted by Gasteiger charge is 2.16. The largest absolute Gasteiger partial charge is 0.473 e. The van der Waals surface area contributed by atoms with E-state index >= 15 is 0 Å². The van der Waals surface area contributed by atoms with Gasteiger partial charge < -0.3 is 15.0 Å². The number of carbonyl (C=O) groups excluding carboxylic acids is 1. The monoisotopic (exact) mass is 425 g/mol. The number of benzene rings is 1. The second kappa shape index (κ2) is 10.5. The summed E-state index contributed by atoms with van der Waals surface area (Å²) in [4.78, 5) is 27.4. The highest BCUT2D eigenvalue weighted by molar-refractivity contribution is 6.33. The van der Waals surface area contributed by atoms with Gasteiger partial charge in [0.15, 0.2) is 5.69 Å². The molecule has 0 radical (unpaired) electrons. The van der Waals surface area contributed by atoms with E-state index in [4.69, 9.17) is 16.3 Å². The van der Waals surface area contributed by atoms with E-state index in [2.05, 4.69) is 20.3 Å². The number of ether oxygens (including phenoxy) is 1. The Morgan fingerprint density at radius 2 is 1.87 bits per heavy atom. The summed E-state index contributed by atoms with van der Waals surface area (Å²) >= 11 is 6.15. The number of nitrogens with one attached hydrogen (secondary N) is 1. The van der Waals surface area contributed by atoms with Gasteiger partial charge in [-0.25, -0.2) is 15.0 Å². The molecule has 8 heteroatoms. The Hall–Kier alpha value is -3.19. The Bertz CT molecular complexity index is 980. The number of aromatic nitrogens is 3. The fourth-order valence-electron chi connectivity index (χ4n) is 2.81. The van der Waals surface area contributed by atoms with Gasteiger partial charge in [0.1, 0.15) is 6.61 Å². The molecule has 0 aliphatic rings. The second-order valence-electron chi connectivity index (χ2n) is 6.50. The Labute approximate surface area is 181 Å². The van der Waals surface area contributed by atoms with Crippen LogP contribution in [0.25, 0.3) is 0 Å². The molecule has 1 N–H and O–H groups in total. The Kier molecular flexibility index (Phi) is 7.57. The molecule has 0 atom stereocenters. The molecule has 0 bridgehead atoms. The zero-order chi connectivity index (χ0) is 21.3. The average Bonchev–Trinajstić information content (AvgIpc) is 2.79. The van der Waals surface area contributed by atoms with E-state index < -0.39 is 0 Å². The van der Waals surface area contributed by atoms with Crippen LogP contribution in [0.3, 0.4) is 0 Å². The van der Waals surface area contributed by atoms with Crippen molar-refractivity contribution in [3.63, 3.8) is 0 Å². The van der Waals surface area contributed by atoms with Crippen LogP contribution in [0, 0.1) is 0 Å². The van der Waals surface area contributed by atoms with Gasteiger partial charge in [0.25, 0.3) is 5.91 Å². The van der Waals surface area contributed by atoms with E-state index in [1.54, 1.807) is 12.3 Å². The first-order chi connectivity index (χ1) is 14.6. The number of rotatable bonds is 9. The van der Waals surface area contributed by atoms with Gasteiger partial charge in [-0.2, -0.15) is 0 Å². The van der Waals surface area contributed by atoms with E-state index in [9.17, 15) is 4.79 Å². The van der Waals surface area contributed by atoms with Crippen molar-refractivity contribution >= 4 is 23.5 Å². The van der Waals surface area contributed by atoms with Crippen molar-refractivity contribution in [1.29, 1.82) is 0 Å². The molecule has 3 aromatic rings. The maximum absolute atomic E-state index is 12.6. The molecule has 0 saturated carbocycles. The number of pyridine rings is 1. The third-order valence-corrected chi connectivity index (χ3v) is 4.75. The average molecular weight is 426 g/mol. The summed E-state index contributed by atoms with van der Waals surface area (Å²) < 4.78 is 5.74. The Morgan fingerprint density at radius 1 is 1.10 bits per heavy atom. The molecule has 1 amide bonds. The normalized spacial score (nSPS) is 10.5. The van der Waals surface area contributed by atoms with Crippen LogP contribution < -0.4 is 15.0 Å². The van der Waals surface area contributed by atoms with Crippen LogP contribution in [-0.4, -0.2) is 33.9 Å². The van der Waals surface area contributed by atoms with E-state index in [0.29, 0.717) is 25.0 Å². The summed E-state index contributed by atoms with van der Waals surface area (Å²) in [6, 6.07) is 13.5. The second-order valence-corrected chi connectivity index (χ2v) is 6.91. The van der Waals surface area contributed by atoms with Crippen molar-refractivity contribution in [1.82, 2.24) is 20.3 Å². The van der Waals surface area contributed by atoms with Gasteiger partial charge in [0, 0.05) is 31.9 Å². The third kappa shape index (κ3) is 5.67. The van der Waals surface area contributed by atoms with Crippen LogP contribution in [0.2, 0.25) is 5.02 Å². The molecule has 0 fully saturated rings. The maximum atomic E-state index is 12.6. The molecule has 0 saturated heterocycles. The summed E-state index contributed by atoms with van der Waals surface area (Å²) in [5.74, 6) is 0.615. The molecular formula is C22H24ClN5O2. The van der Waals surface area contributed by atoms with Gasteiger partial charge in [0.05, 0.1) is 11.2 Å². The number of halogens is 1. The topological polar surface area (TPSA) is 80.2 Å². The maximum Gasteiger partial charge on any atom is 0.271 e. The Balaban J connectivity index is 1.63. The van der Waals surface area contributed by atoms with Crippen LogP contribution in [0.4, 0.5) is 5.95 Å². The molecule has 0 spiro atoms. The van der Waals surface area contributed by atoms with Crippen LogP contribution >= 0.6 is 11.6 Å². The van der Waals surface area contributed by atoms with Gasteiger partial charge in [0.2, 0.25) is 11.8 Å². The zero-order valence-electron chi connectivity index (χ0n) is 17.0. The zero-order valence-corrected chi connectivity index (χ0v) is 17.8. The quantitative estimate of drug-likeness (QED) is 0.560. The summed E-state index contributed by atoms with van der Waals surface area (Å²) in [5, 5.41) is 3.06. The van der Waals surface area contributed by atoms with Crippen LogP contribution in [0.1, 0.15) is 35.5 Å². The SMILES string of the molecule is CCN(CC)c1ncc(Cl)c(C(=O)NCc2ccnc(OCc3ccccc3)c2)n1. The highest BCUT2D eigenvalue weighted by Crippen LogP contribution is 2.17. The molecule has 3 rings (SSSR count). The van der Waals surface area contributed by atoms with Crippen LogP contribution in [0.15, 0.2) is 54.9 Å². The smallest absolute Gasteiger partial charge is 0.271 e. The minimum absolute atomic E-state index is 0.156. The molecule has 2 aromatic heterocycles. The van der Waals surface area contributed by atoms with E-state index in [1.807, 2.05) is 55.1 Å². The first-order valence-electron chi connectivity index (χ1n) is 9.78. The van der Waals surface area contributed by atoms with Crippen molar-refractivity contribution in [3.8, 4) is 5.88 Å². The van der Waals surface area contributed by atoms with Crippen molar-refractivity contribution in [3.05, 3.63) is 76.7 Å². The van der Waals surface area contributed by atoms with E-state index in [1.165, 1.54) is 6.20 Å². The van der Waals surface area contributed by atoms with E-state index in [0.717, 1.165) is 24.2 Å². The van der Waals surface area contributed by atoms with Crippen molar-refractivity contribution in [2.24, 2.45) is 0 Å². The van der Waals surface area contributed by atoms with Crippen LogP contribution in [-0.2, 0) is 13.2 Å². The van der Waals surface area contributed by atoms with Crippen molar-refractivity contribution < 1.29 is 9.53 Å². The number of hydrogen-bond donors (Lipinski definition) is 1. The minimum atomic E-state index is -0.362. The number of carbonyl (C=O) groups is 1. The molecule has 156 valence electrons. The van der Waals surface area contributed by atoms with E-state index in [-0.39, 0.29) is 16.6 Å². The molecule has 0 aliphatic carbocycles. The summed E-state index contributed by atoms with van der Waals surface area (Å²) in [6.07, 6.45) is 3.11. The van der Waals surface area contributed by atoms with Gasteiger partial charge in [-0.15, -0.1) is 0 Å². The third-order valence-electron chi connectivity index (χ3n) is 4.47. The molecular weight excluding hydrogens is 402 g/mol. The van der Waals surface area contributed by atoms with Gasteiger partial charge in [-0.3, -0.25) is 4.79 Å². The first kappa shape index (κ1) is 21.5. The molecule has 7 nitrogen and oxygen atoms in total. The fraction of sp³-hybridized carbons (Fsp3) is 0.273. The van der Waals surface area contributed by atoms with Crippen molar-refractivity contribution in [2.45, 2.75) is 27.0 Å². The summed E-state index contributed by atoms with van der Waals surface area (Å²) in [7, 11) is 0. The predicted octanol–water partition coefficient (Wildman–Crippen LogP) is 3.88. The lowest BCUT2D eigenvalue weighted by atomic mass is 10.2. The molecule has 0 unspecified atom stereocenters. The first-order valence-corrected chi connectivity index (χ1v) is 10.2. The molecule has 1 aromatic carbocycles. The standard InChI is InChI=1S/C22H24ClN5O2/c1-3-28(4-2)22-26-14-18(23)20(27-22)21(29)25-13-17-10-11-24-19(12-17)30-15-16-8-6-5-7-9-16/h5-12,14H,3-4,13,15H2,1-2H3,(H,25,29). The minimum Gasteiger partial charge on any atom is -0.473 e. The van der Waals surface area contributed by atoms with Crippen molar-refractivity contribution in [2.75, 3.05) is 18.0 Å². The van der Waals surface area contributed by atoms with Gasteiger partial charge in [-0.1, -0.05) is 41.9 Å². The lowest BCUT2D eigenvalue weighted by molar-refractivity contribution is 0.0946. The summed E-state index contributed by atoms with van der Waals surface area (Å²) in [5.41, 5.74) is 2.07. The lowest BCUT2D eigenvalue weighted by Gasteiger charge is -2.19. The number of hydrogen-bond acceptors (Lipinski definition) is 6. The Morgan fingerprint density at radius 3 is 2.60 bits per heavy atom. The molecule has 0 aliphatic heterocycles. The molecule has 30 heavy (non-hydrogen) atoms. The van der Waals surface area contributed by atoms with Gasteiger partial charge in [-0.05, 0) is 31.0 Å². The number of amides is 1. The van der Waals surface area contributed by atoms with Gasteiger partial charge >= 0.3 is 0 Å². The lowest BCUT2D eigenvalue weighted by Crippen LogP contribution is -2.28. The molecule has 2 heterocycles. The summed E-state index contributed by atoms with van der Waals surface area (Å²) in [6.45, 7) is 6.20. The predicted molar refractivity (Wildman–Crippen MR) is 117 cm³/mol.